The number of methoxy groups -OCH3 is 1. The van der Waals surface area contributed by atoms with Gasteiger partial charge in [0, 0.05) is 0 Å². The molecule has 9 heavy (non-hydrogen) atoms. The Morgan fingerprint density at radius 3 is 3.00 bits per heavy atom. The van der Waals surface area contributed by atoms with Gasteiger partial charge in [-0.1, -0.05) is 0 Å². The Balaban J connectivity index is 2.74. The monoisotopic (exact) mass is 129 g/mol. The molecular formula is C5H7NO3. The van der Waals surface area contributed by atoms with Crippen molar-refractivity contribution >= 4 is 0 Å². The second-order valence-electron chi connectivity index (χ2n) is 1.45. The predicted molar refractivity (Wildman–Crippen MR) is 29.0 cm³/mol. The van der Waals surface area contributed by atoms with Gasteiger partial charge in [0.25, 0.3) is 0 Å². The molecule has 0 radical (unpaired) electrons. The first-order valence-corrected chi connectivity index (χ1v) is 2.46. The highest BCUT2D eigenvalue weighted by atomic mass is 16.6. The van der Waals surface area contributed by atoms with Gasteiger partial charge < -0.3 is 14.3 Å². The van der Waals surface area contributed by atoms with Crippen LogP contribution in [0.1, 0.15) is 5.76 Å². The highest BCUT2D eigenvalue weighted by molar-refractivity contribution is 4.95. The molecule has 0 aliphatic heterocycles. The summed E-state index contributed by atoms with van der Waals surface area (Å²) in [7, 11) is 1.45. The first-order valence-electron chi connectivity index (χ1n) is 2.46. The summed E-state index contributed by atoms with van der Waals surface area (Å²) in [4.78, 5) is 3.66. The maximum atomic E-state index is 8.46. The van der Waals surface area contributed by atoms with Crippen molar-refractivity contribution in [1.82, 2.24) is 4.98 Å². The normalized spacial score (nSPS) is 9.56. The maximum Gasteiger partial charge on any atom is 0.393 e. The van der Waals surface area contributed by atoms with Crippen LogP contribution < -0.4 is 4.74 Å². The highest BCUT2D eigenvalue weighted by Crippen LogP contribution is 2.09. The zero-order valence-electron chi connectivity index (χ0n) is 5.00. The van der Waals surface area contributed by atoms with Crippen LogP contribution in [0.15, 0.2) is 10.6 Å². The van der Waals surface area contributed by atoms with Gasteiger partial charge in [-0.25, -0.2) is 0 Å². The van der Waals surface area contributed by atoms with Gasteiger partial charge in [0.1, 0.15) is 6.61 Å². The molecule has 0 atom stereocenters. The molecule has 0 amide bonds. The Hall–Kier alpha value is -1.03. The summed E-state index contributed by atoms with van der Waals surface area (Å²) >= 11 is 0. The molecule has 0 bridgehead atoms. The third-order valence-electron chi connectivity index (χ3n) is 0.863. The summed E-state index contributed by atoms with van der Waals surface area (Å²) in [6.45, 7) is -0.143. The van der Waals surface area contributed by atoms with E-state index in [0.29, 0.717) is 5.76 Å². The molecule has 0 saturated heterocycles. The Kier molecular flexibility index (Phi) is 1.69. The maximum absolute atomic E-state index is 8.46. The fourth-order valence-electron chi connectivity index (χ4n) is 0.457. The number of aromatic nitrogens is 1. The lowest BCUT2D eigenvalue weighted by molar-refractivity contribution is 0.221. The number of nitrogens with zero attached hydrogens (tertiary/aromatic N) is 1. The number of aliphatic hydroxyl groups is 1. The molecule has 4 heteroatoms. The lowest BCUT2D eigenvalue weighted by atomic mass is 10.6. The molecule has 0 aromatic carbocycles. The van der Waals surface area contributed by atoms with Crippen molar-refractivity contribution in [2.75, 3.05) is 7.11 Å². The third-order valence-corrected chi connectivity index (χ3v) is 0.863. The molecule has 1 aromatic rings. The van der Waals surface area contributed by atoms with Crippen molar-refractivity contribution in [2.45, 2.75) is 6.61 Å². The first kappa shape index (κ1) is 6.10. The second kappa shape index (κ2) is 2.50. The summed E-state index contributed by atoms with van der Waals surface area (Å²) in [5, 5.41) is 8.46. The Bertz CT molecular complexity index is 166. The lowest BCUT2D eigenvalue weighted by Crippen LogP contribution is -1.79. The zero-order valence-corrected chi connectivity index (χ0v) is 5.00. The molecule has 1 aromatic heterocycles. The standard InChI is InChI=1S/C5H7NO3/c1-8-5-6-2-4(3-7)9-5/h2,7H,3H2,1H3. The van der Waals surface area contributed by atoms with E-state index < -0.39 is 0 Å². The van der Waals surface area contributed by atoms with Crippen LogP contribution in [0, 0.1) is 0 Å². The molecule has 1 N–H and O–H groups in total. The van der Waals surface area contributed by atoms with Crippen LogP contribution in [0.3, 0.4) is 0 Å². The van der Waals surface area contributed by atoms with Crippen LogP contribution in [0.5, 0.6) is 6.08 Å². The number of oxazole rings is 1. The minimum Gasteiger partial charge on any atom is -0.454 e. The molecule has 0 aliphatic carbocycles. The lowest BCUT2D eigenvalue weighted by Gasteiger charge is -1.86. The summed E-state index contributed by atoms with van der Waals surface area (Å²) in [5.41, 5.74) is 0. The van der Waals surface area contributed by atoms with Gasteiger partial charge in [0.15, 0.2) is 5.76 Å². The number of rotatable bonds is 2. The van der Waals surface area contributed by atoms with Crippen LogP contribution >= 0.6 is 0 Å². The van der Waals surface area contributed by atoms with Gasteiger partial charge in [-0.2, -0.15) is 4.98 Å². The van der Waals surface area contributed by atoms with E-state index in [9.17, 15) is 0 Å². The SMILES string of the molecule is COc1ncc(CO)o1. The van der Waals surface area contributed by atoms with Crippen molar-refractivity contribution in [2.24, 2.45) is 0 Å². The average molecular weight is 129 g/mol. The molecule has 1 heterocycles. The van der Waals surface area contributed by atoms with E-state index in [1.165, 1.54) is 13.3 Å². The van der Waals surface area contributed by atoms with Crippen molar-refractivity contribution < 1.29 is 14.3 Å². The van der Waals surface area contributed by atoms with E-state index >= 15 is 0 Å². The number of aliphatic hydroxyl groups excluding tert-OH is 1. The largest absolute Gasteiger partial charge is 0.454 e. The van der Waals surface area contributed by atoms with E-state index in [1.807, 2.05) is 0 Å². The van der Waals surface area contributed by atoms with Gasteiger partial charge in [-0.15, -0.1) is 0 Å². The van der Waals surface area contributed by atoms with Crippen molar-refractivity contribution in [3.05, 3.63) is 12.0 Å². The molecule has 0 fully saturated rings. The Labute approximate surface area is 52.1 Å². The first-order chi connectivity index (χ1) is 4.36. The molecule has 0 spiro atoms. The van der Waals surface area contributed by atoms with Gasteiger partial charge in [-0.3, -0.25) is 0 Å². The van der Waals surface area contributed by atoms with Gasteiger partial charge in [-0.05, 0) is 0 Å². The summed E-state index contributed by atoms with van der Waals surface area (Å²) < 4.78 is 9.41. The number of hydrogen-bond donors (Lipinski definition) is 1. The number of ether oxygens (including phenoxy) is 1. The third kappa shape index (κ3) is 1.20. The topological polar surface area (TPSA) is 55.5 Å². The molecule has 50 valence electrons. The summed E-state index contributed by atoms with van der Waals surface area (Å²) in [6, 6.07) is 0. The van der Waals surface area contributed by atoms with E-state index in [-0.39, 0.29) is 12.7 Å². The Morgan fingerprint density at radius 2 is 2.67 bits per heavy atom. The fourth-order valence-corrected chi connectivity index (χ4v) is 0.457. The van der Waals surface area contributed by atoms with E-state index in [0.717, 1.165) is 0 Å². The van der Waals surface area contributed by atoms with E-state index in [1.54, 1.807) is 0 Å². The minimum absolute atomic E-state index is 0.143. The molecular weight excluding hydrogens is 122 g/mol. The molecule has 0 aliphatic rings. The van der Waals surface area contributed by atoms with Crippen LogP contribution in [0.25, 0.3) is 0 Å². The van der Waals surface area contributed by atoms with Crippen molar-refractivity contribution in [3.8, 4) is 6.08 Å². The van der Waals surface area contributed by atoms with Crippen LogP contribution in [0.4, 0.5) is 0 Å². The minimum atomic E-state index is -0.143. The average Bonchev–Trinajstić information content (AvgIpc) is 2.34. The zero-order chi connectivity index (χ0) is 6.69. The van der Waals surface area contributed by atoms with Crippen LogP contribution in [0.2, 0.25) is 0 Å². The smallest absolute Gasteiger partial charge is 0.393 e. The van der Waals surface area contributed by atoms with E-state index in [2.05, 4.69) is 9.72 Å². The van der Waals surface area contributed by atoms with Gasteiger partial charge in [0.05, 0.1) is 13.3 Å². The fraction of sp³-hybridized carbons (Fsp3) is 0.400. The van der Waals surface area contributed by atoms with Gasteiger partial charge >= 0.3 is 6.08 Å². The van der Waals surface area contributed by atoms with Crippen molar-refractivity contribution in [3.63, 3.8) is 0 Å². The number of hydrogen-bond acceptors (Lipinski definition) is 4. The van der Waals surface area contributed by atoms with Crippen molar-refractivity contribution in [1.29, 1.82) is 0 Å². The molecule has 4 nitrogen and oxygen atoms in total. The predicted octanol–water partition coefficient (Wildman–Crippen LogP) is 0.175. The highest BCUT2D eigenvalue weighted by Gasteiger charge is 1.99. The molecule has 1 rings (SSSR count). The second-order valence-corrected chi connectivity index (χ2v) is 1.45. The van der Waals surface area contributed by atoms with Crippen LogP contribution in [-0.2, 0) is 6.61 Å². The Morgan fingerprint density at radius 1 is 1.89 bits per heavy atom. The van der Waals surface area contributed by atoms with Crippen LogP contribution in [-0.4, -0.2) is 17.2 Å². The van der Waals surface area contributed by atoms with Gasteiger partial charge in [0.2, 0.25) is 0 Å². The van der Waals surface area contributed by atoms with E-state index in [4.69, 9.17) is 9.52 Å². The molecule has 0 unspecified atom stereocenters. The summed E-state index contributed by atoms with van der Waals surface area (Å²) in [6.07, 6.45) is 1.60. The summed E-state index contributed by atoms with van der Waals surface area (Å²) in [5.74, 6) is 0.409. The quantitative estimate of drug-likeness (QED) is 0.618. The molecule has 0 saturated carbocycles.